The van der Waals surface area contributed by atoms with Gasteiger partial charge < -0.3 is 9.64 Å². The molecule has 1 aromatic carbocycles. The van der Waals surface area contributed by atoms with Gasteiger partial charge in [0.1, 0.15) is 5.41 Å². The lowest BCUT2D eigenvalue weighted by Crippen LogP contribution is -2.40. The minimum Gasteiger partial charge on any atom is -0.468 e. The van der Waals surface area contributed by atoms with Crippen molar-refractivity contribution in [2.45, 2.75) is 32.1 Å². The first-order chi connectivity index (χ1) is 11.5. The third kappa shape index (κ3) is 3.14. The van der Waals surface area contributed by atoms with Crippen molar-refractivity contribution in [1.82, 2.24) is 4.90 Å². The lowest BCUT2D eigenvalue weighted by Gasteiger charge is -2.21. The molecule has 6 heteroatoms. The van der Waals surface area contributed by atoms with Gasteiger partial charge in [-0.3, -0.25) is 9.59 Å². The number of amides is 1. The Hall–Kier alpha value is -1.98. The Bertz CT molecular complexity index is 626. The number of likely N-dealkylation sites (tertiary alicyclic amines) is 1. The highest BCUT2D eigenvalue weighted by molar-refractivity contribution is 6.05. The largest absolute Gasteiger partial charge is 0.468 e. The number of esters is 1. The molecule has 0 spiro atoms. The van der Waals surface area contributed by atoms with E-state index in [2.05, 4.69) is 0 Å². The van der Waals surface area contributed by atoms with E-state index in [4.69, 9.17) is 4.74 Å². The van der Waals surface area contributed by atoms with Gasteiger partial charge in [-0.2, -0.15) is 0 Å². The number of carbonyl (C=O) groups excluding carboxylic acids is 2. The number of ether oxygens (including phenoxy) is 1. The second-order valence-electron chi connectivity index (χ2n) is 6.73. The summed E-state index contributed by atoms with van der Waals surface area (Å²) in [5, 5.41) is 0. The molecule has 4 nitrogen and oxygen atoms in total. The Morgan fingerprint density at radius 1 is 1.29 bits per heavy atom. The fourth-order valence-corrected chi connectivity index (χ4v) is 3.44. The van der Waals surface area contributed by atoms with Crippen LogP contribution in [0.2, 0.25) is 0 Å². The second-order valence-corrected chi connectivity index (χ2v) is 6.73. The molecule has 130 valence electrons. The quantitative estimate of drug-likeness (QED) is 0.613. The summed E-state index contributed by atoms with van der Waals surface area (Å²) in [6.07, 6.45) is 0.286. The molecule has 1 amide bonds. The van der Waals surface area contributed by atoms with Gasteiger partial charge in [-0.1, -0.05) is 24.3 Å². The van der Waals surface area contributed by atoms with E-state index >= 15 is 0 Å². The number of nitrogens with zero attached hydrogens (tertiary/aromatic N) is 1. The number of methoxy groups -OCH3 is 1. The zero-order valence-corrected chi connectivity index (χ0v) is 13.6. The average Bonchev–Trinajstić information content (AvgIpc) is 3.27. The smallest absolute Gasteiger partial charge is 0.321 e. The molecule has 2 fully saturated rings. The summed E-state index contributed by atoms with van der Waals surface area (Å²) in [7, 11) is 1.31. The molecule has 1 saturated heterocycles. The van der Waals surface area contributed by atoms with Crippen molar-refractivity contribution in [1.29, 1.82) is 0 Å². The molecular formula is C18H21F2NO3. The normalized spacial score (nSPS) is 21.8. The van der Waals surface area contributed by atoms with Crippen LogP contribution in [0.3, 0.4) is 0 Å². The number of hydrogen-bond donors (Lipinski definition) is 0. The molecule has 1 saturated carbocycles. The van der Waals surface area contributed by atoms with Crippen LogP contribution >= 0.6 is 0 Å². The van der Waals surface area contributed by atoms with Crippen LogP contribution in [0.5, 0.6) is 0 Å². The van der Waals surface area contributed by atoms with Gasteiger partial charge in [-0.15, -0.1) is 0 Å². The standard InChI is InChI=1S/C18H21F2NO3/c1-24-17(23)18(7-8-18)16(22)21-9-6-13(11-21)10-12-2-4-14(5-3-12)15(19)20/h2-5,13,15H,6-11H2,1H3/t13-/m1/s1. The summed E-state index contributed by atoms with van der Waals surface area (Å²) in [5.74, 6) is -0.261. The first-order valence-electron chi connectivity index (χ1n) is 8.21. The summed E-state index contributed by atoms with van der Waals surface area (Å²) >= 11 is 0. The molecule has 1 aliphatic carbocycles. The maximum atomic E-state index is 12.6. The predicted molar refractivity (Wildman–Crippen MR) is 83.5 cm³/mol. The van der Waals surface area contributed by atoms with Crippen LogP contribution in [0.15, 0.2) is 24.3 Å². The predicted octanol–water partition coefficient (Wildman–Crippen LogP) is 2.97. The highest BCUT2D eigenvalue weighted by Gasteiger charge is 2.59. The van der Waals surface area contributed by atoms with Crippen molar-refractivity contribution >= 4 is 11.9 Å². The van der Waals surface area contributed by atoms with Gasteiger partial charge in [0, 0.05) is 18.7 Å². The fourth-order valence-electron chi connectivity index (χ4n) is 3.44. The Kier molecular flexibility index (Phi) is 4.56. The van der Waals surface area contributed by atoms with E-state index in [0.717, 1.165) is 18.4 Å². The Labute approximate surface area is 139 Å². The molecule has 1 aromatic rings. The van der Waals surface area contributed by atoms with Gasteiger partial charge in [0.2, 0.25) is 5.91 Å². The SMILES string of the molecule is COC(=O)C1(C(=O)N2CC[C@H](Cc3ccc(C(F)F)cc3)C2)CC1. The topological polar surface area (TPSA) is 46.6 Å². The number of carbonyl (C=O) groups is 2. The first-order valence-corrected chi connectivity index (χ1v) is 8.21. The highest BCUT2D eigenvalue weighted by atomic mass is 19.3. The monoisotopic (exact) mass is 337 g/mol. The van der Waals surface area contributed by atoms with Gasteiger partial charge in [0.15, 0.2) is 0 Å². The van der Waals surface area contributed by atoms with Crippen molar-refractivity contribution in [3.05, 3.63) is 35.4 Å². The summed E-state index contributed by atoms with van der Waals surface area (Å²) in [5.41, 5.74) is 0.0752. The molecule has 0 unspecified atom stereocenters. The van der Waals surface area contributed by atoms with Crippen molar-refractivity contribution in [2.75, 3.05) is 20.2 Å². The maximum Gasteiger partial charge on any atom is 0.321 e. The number of alkyl halides is 2. The zero-order chi connectivity index (χ0) is 17.3. The van der Waals surface area contributed by atoms with E-state index in [9.17, 15) is 18.4 Å². The molecular weight excluding hydrogens is 316 g/mol. The van der Waals surface area contributed by atoms with E-state index in [0.29, 0.717) is 31.8 Å². The minimum atomic E-state index is -2.45. The first kappa shape index (κ1) is 16.9. The van der Waals surface area contributed by atoms with Crippen molar-refractivity contribution in [3.8, 4) is 0 Å². The van der Waals surface area contributed by atoms with Crippen LogP contribution in [-0.2, 0) is 20.7 Å². The van der Waals surface area contributed by atoms with E-state index in [1.54, 1.807) is 17.0 Å². The van der Waals surface area contributed by atoms with Gasteiger partial charge in [0.25, 0.3) is 6.43 Å². The Balaban J connectivity index is 1.58. The lowest BCUT2D eigenvalue weighted by molar-refractivity contribution is -0.155. The summed E-state index contributed by atoms with van der Waals surface area (Å²) < 4.78 is 29.9. The van der Waals surface area contributed by atoms with Gasteiger partial charge in [-0.05, 0) is 37.2 Å². The molecule has 1 heterocycles. The lowest BCUT2D eigenvalue weighted by atomic mass is 9.98. The summed E-state index contributed by atoms with van der Waals surface area (Å²) in [6, 6.07) is 6.36. The van der Waals surface area contributed by atoms with Crippen LogP contribution in [-0.4, -0.2) is 37.0 Å². The molecule has 3 rings (SSSR count). The van der Waals surface area contributed by atoms with Crippen LogP contribution in [0.25, 0.3) is 0 Å². The van der Waals surface area contributed by atoms with Gasteiger partial charge >= 0.3 is 5.97 Å². The molecule has 24 heavy (non-hydrogen) atoms. The second kappa shape index (κ2) is 6.49. The van der Waals surface area contributed by atoms with Crippen LogP contribution in [0, 0.1) is 11.3 Å². The number of rotatable bonds is 5. The molecule has 1 atom stereocenters. The molecule has 0 aromatic heterocycles. The van der Waals surface area contributed by atoms with Gasteiger partial charge in [-0.25, -0.2) is 8.78 Å². The van der Waals surface area contributed by atoms with E-state index < -0.39 is 17.8 Å². The number of halogens is 2. The third-order valence-corrected chi connectivity index (χ3v) is 5.06. The molecule has 1 aliphatic heterocycles. The van der Waals surface area contributed by atoms with Gasteiger partial charge in [0.05, 0.1) is 7.11 Å². The Morgan fingerprint density at radius 2 is 1.96 bits per heavy atom. The Morgan fingerprint density at radius 3 is 2.50 bits per heavy atom. The number of benzene rings is 1. The van der Waals surface area contributed by atoms with E-state index in [1.165, 1.54) is 19.2 Å². The highest BCUT2D eigenvalue weighted by Crippen LogP contribution is 2.49. The maximum absolute atomic E-state index is 12.6. The minimum absolute atomic E-state index is 0.0238. The molecule has 2 aliphatic rings. The molecule has 0 bridgehead atoms. The third-order valence-electron chi connectivity index (χ3n) is 5.06. The van der Waals surface area contributed by atoms with E-state index in [1.807, 2.05) is 0 Å². The molecule has 0 radical (unpaired) electrons. The van der Waals surface area contributed by atoms with Crippen LogP contribution < -0.4 is 0 Å². The zero-order valence-electron chi connectivity index (χ0n) is 13.6. The van der Waals surface area contributed by atoms with Crippen LogP contribution in [0.1, 0.15) is 36.8 Å². The summed E-state index contributed by atoms with van der Waals surface area (Å²) in [6.45, 7) is 1.24. The molecule has 0 N–H and O–H groups in total. The summed E-state index contributed by atoms with van der Waals surface area (Å²) in [4.78, 5) is 26.2. The van der Waals surface area contributed by atoms with Crippen molar-refractivity contribution in [3.63, 3.8) is 0 Å². The average molecular weight is 337 g/mol. The fraction of sp³-hybridized carbons (Fsp3) is 0.556. The van der Waals surface area contributed by atoms with Crippen LogP contribution in [0.4, 0.5) is 8.78 Å². The van der Waals surface area contributed by atoms with Crippen molar-refractivity contribution in [2.24, 2.45) is 11.3 Å². The number of hydrogen-bond acceptors (Lipinski definition) is 3. The van der Waals surface area contributed by atoms with Crippen molar-refractivity contribution < 1.29 is 23.1 Å². The van der Waals surface area contributed by atoms with E-state index in [-0.39, 0.29) is 11.5 Å².